The average molecular weight is 248 g/mol. The molecule has 0 spiro atoms. The van der Waals surface area contributed by atoms with Gasteiger partial charge in [0.05, 0.1) is 11.2 Å². The molecule has 1 heteroatoms. The van der Waals surface area contributed by atoms with E-state index >= 15 is 0 Å². The van der Waals surface area contributed by atoms with E-state index in [9.17, 15) is 0 Å². The zero-order valence-corrected chi connectivity index (χ0v) is 11.9. The standard InChI is InChI=1S/C17H28O/c1-2-16(5-3-4-6-16)18-17-10-13-7-14(11-17)9-15(8-13)12-17/h13-15H,2-12H2,1H3. The van der Waals surface area contributed by atoms with Crippen molar-refractivity contribution in [2.75, 3.05) is 0 Å². The lowest BCUT2D eigenvalue weighted by molar-refractivity contribution is -0.224. The molecule has 0 aromatic carbocycles. The lowest BCUT2D eigenvalue weighted by Crippen LogP contribution is -2.55. The summed E-state index contributed by atoms with van der Waals surface area (Å²) in [5.74, 6) is 3.06. The summed E-state index contributed by atoms with van der Waals surface area (Å²) in [6, 6.07) is 0. The lowest BCUT2D eigenvalue weighted by Gasteiger charge is -2.58. The topological polar surface area (TPSA) is 9.23 Å². The minimum Gasteiger partial charge on any atom is -0.369 e. The molecule has 0 N–H and O–H groups in total. The lowest BCUT2D eigenvalue weighted by atomic mass is 9.54. The van der Waals surface area contributed by atoms with Gasteiger partial charge in [-0.25, -0.2) is 0 Å². The monoisotopic (exact) mass is 248 g/mol. The van der Waals surface area contributed by atoms with Gasteiger partial charge in [0.15, 0.2) is 0 Å². The summed E-state index contributed by atoms with van der Waals surface area (Å²) in [4.78, 5) is 0. The Labute approximate surface area is 112 Å². The molecule has 5 rings (SSSR count). The van der Waals surface area contributed by atoms with Gasteiger partial charge >= 0.3 is 0 Å². The van der Waals surface area contributed by atoms with Crippen LogP contribution < -0.4 is 0 Å². The molecular weight excluding hydrogens is 220 g/mol. The molecule has 0 aliphatic heterocycles. The van der Waals surface area contributed by atoms with Crippen LogP contribution >= 0.6 is 0 Å². The van der Waals surface area contributed by atoms with Gasteiger partial charge in [0.1, 0.15) is 0 Å². The van der Waals surface area contributed by atoms with Gasteiger partial charge in [0, 0.05) is 0 Å². The van der Waals surface area contributed by atoms with Gasteiger partial charge in [-0.05, 0) is 75.5 Å². The summed E-state index contributed by atoms with van der Waals surface area (Å²) < 4.78 is 6.95. The van der Waals surface area contributed by atoms with Crippen LogP contribution in [0.25, 0.3) is 0 Å². The summed E-state index contributed by atoms with van der Waals surface area (Å²) in [5.41, 5.74) is 0.612. The Kier molecular flexibility index (Phi) is 2.60. The number of rotatable bonds is 3. The zero-order chi connectivity index (χ0) is 12.2. The summed E-state index contributed by atoms with van der Waals surface area (Å²) in [5, 5.41) is 0. The Balaban J connectivity index is 1.56. The third kappa shape index (κ3) is 1.77. The van der Waals surface area contributed by atoms with Gasteiger partial charge in [0.2, 0.25) is 0 Å². The SMILES string of the molecule is CCC1(OC23CC4CC(CC(C4)C2)C3)CCCC1. The molecule has 0 aromatic heterocycles. The predicted octanol–water partition coefficient (Wildman–Crippen LogP) is 4.69. The Morgan fingerprint density at radius 2 is 1.39 bits per heavy atom. The van der Waals surface area contributed by atoms with Gasteiger partial charge in [0.25, 0.3) is 0 Å². The van der Waals surface area contributed by atoms with Crippen molar-refractivity contribution in [3.8, 4) is 0 Å². The van der Waals surface area contributed by atoms with Crippen LogP contribution in [0.5, 0.6) is 0 Å². The van der Waals surface area contributed by atoms with E-state index in [0.717, 1.165) is 17.8 Å². The van der Waals surface area contributed by atoms with Crippen LogP contribution in [-0.2, 0) is 4.74 Å². The fourth-order valence-electron chi connectivity index (χ4n) is 6.16. The van der Waals surface area contributed by atoms with Crippen molar-refractivity contribution in [1.82, 2.24) is 0 Å². The molecule has 0 unspecified atom stereocenters. The third-order valence-electron chi connectivity index (χ3n) is 6.57. The van der Waals surface area contributed by atoms with E-state index in [4.69, 9.17) is 4.74 Å². The van der Waals surface area contributed by atoms with E-state index in [1.54, 1.807) is 0 Å². The Hall–Kier alpha value is -0.0400. The summed E-state index contributed by atoms with van der Waals surface area (Å²) >= 11 is 0. The zero-order valence-electron chi connectivity index (χ0n) is 11.9. The molecule has 0 atom stereocenters. The molecule has 5 fully saturated rings. The van der Waals surface area contributed by atoms with Crippen molar-refractivity contribution < 1.29 is 4.74 Å². The van der Waals surface area contributed by atoms with E-state index in [1.807, 2.05) is 0 Å². The van der Waals surface area contributed by atoms with Crippen molar-refractivity contribution in [3.63, 3.8) is 0 Å². The van der Waals surface area contributed by atoms with Gasteiger partial charge in [-0.1, -0.05) is 19.8 Å². The van der Waals surface area contributed by atoms with Gasteiger partial charge < -0.3 is 4.74 Å². The number of hydrogen-bond donors (Lipinski definition) is 0. The second-order valence-electron chi connectivity index (χ2n) is 7.95. The molecule has 5 aliphatic carbocycles. The Morgan fingerprint density at radius 3 is 1.83 bits per heavy atom. The van der Waals surface area contributed by atoms with E-state index in [0.29, 0.717) is 5.60 Å². The van der Waals surface area contributed by atoms with Crippen LogP contribution in [0, 0.1) is 17.8 Å². The largest absolute Gasteiger partial charge is 0.369 e. The summed E-state index contributed by atoms with van der Waals surface area (Å²) in [7, 11) is 0. The number of hydrogen-bond acceptors (Lipinski definition) is 1. The van der Waals surface area contributed by atoms with Crippen LogP contribution in [-0.4, -0.2) is 11.2 Å². The van der Waals surface area contributed by atoms with Crippen molar-refractivity contribution in [2.24, 2.45) is 17.8 Å². The second-order valence-corrected chi connectivity index (χ2v) is 7.95. The van der Waals surface area contributed by atoms with E-state index in [-0.39, 0.29) is 5.60 Å². The molecule has 18 heavy (non-hydrogen) atoms. The summed E-state index contributed by atoms with van der Waals surface area (Å²) in [6.07, 6.45) is 15.5. The first-order valence-corrected chi connectivity index (χ1v) is 8.41. The molecule has 1 nitrogen and oxygen atoms in total. The van der Waals surface area contributed by atoms with Gasteiger partial charge in [-0.2, -0.15) is 0 Å². The average Bonchev–Trinajstić information content (AvgIpc) is 2.75. The van der Waals surface area contributed by atoms with Gasteiger partial charge in [-0.15, -0.1) is 0 Å². The highest BCUT2D eigenvalue weighted by Crippen LogP contribution is 2.59. The van der Waals surface area contributed by atoms with Gasteiger partial charge in [-0.3, -0.25) is 0 Å². The molecule has 5 aliphatic rings. The van der Waals surface area contributed by atoms with Crippen molar-refractivity contribution in [1.29, 1.82) is 0 Å². The van der Waals surface area contributed by atoms with Crippen LogP contribution in [0.4, 0.5) is 0 Å². The molecular formula is C17H28O. The van der Waals surface area contributed by atoms with Crippen molar-refractivity contribution in [2.45, 2.75) is 88.8 Å². The van der Waals surface area contributed by atoms with Crippen molar-refractivity contribution >= 4 is 0 Å². The maximum absolute atomic E-state index is 6.95. The Bertz CT molecular complexity index is 291. The van der Waals surface area contributed by atoms with E-state index < -0.39 is 0 Å². The molecule has 5 saturated carbocycles. The van der Waals surface area contributed by atoms with Crippen molar-refractivity contribution in [3.05, 3.63) is 0 Å². The minimum absolute atomic E-state index is 0.283. The van der Waals surface area contributed by atoms with Crippen LogP contribution in [0.2, 0.25) is 0 Å². The molecule has 0 amide bonds. The fourth-order valence-corrected chi connectivity index (χ4v) is 6.16. The second kappa shape index (κ2) is 3.98. The Morgan fingerprint density at radius 1 is 0.889 bits per heavy atom. The molecule has 0 aromatic rings. The van der Waals surface area contributed by atoms with E-state index in [1.165, 1.54) is 70.6 Å². The molecule has 0 heterocycles. The summed E-state index contributed by atoms with van der Waals surface area (Å²) in [6.45, 7) is 2.35. The smallest absolute Gasteiger partial charge is 0.0698 e. The normalized spacial score (nSPS) is 48.8. The number of ether oxygens (including phenoxy) is 1. The highest BCUT2D eigenvalue weighted by atomic mass is 16.5. The predicted molar refractivity (Wildman–Crippen MR) is 73.5 cm³/mol. The molecule has 0 saturated heterocycles. The maximum atomic E-state index is 6.95. The maximum Gasteiger partial charge on any atom is 0.0698 e. The first-order chi connectivity index (χ1) is 8.71. The van der Waals surface area contributed by atoms with Crippen LogP contribution in [0.3, 0.4) is 0 Å². The quantitative estimate of drug-likeness (QED) is 0.703. The first kappa shape index (κ1) is 11.8. The third-order valence-corrected chi connectivity index (χ3v) is 6.57. The molecule has 4 bridgehead atoms. The minimum atomic E-state index is 0.283. The first-order valence-electron chi connectivity index (χ1n) is 8.41. The molecule has 0 radical (unpaired) electrons. The highest BCUT2D eigenvalue weighted by Gasteiger charge is 2.54. The fraction of sp³-hybridized carbons (Fsp3) is 1.00. The van der Waals surface area contributed by atoms with E-state index in [2.05, 4.69) is 6.92 Å². The molecule has 102 valence electrons. The van der Waals surface area contributed by atoms with Crippen LogP contribution in [0.1, 0.15) is 77.6 Å². The highest BCUT2D eigenvalue weighted by molar-refractivity contribution is 5.05. The van der Waals surface area contributed by atoms with Crippen LogP contribution in [0.15, 0.2) is 0 Å².